The predicted molar refractivity (Wildman–Crippen MR) is 137 cm³/mol. The van der Waals surface area contributed by atoms with E-state index >= 15 is 0 Å². The number of aryl methyl sites for hydroxylation is 2. The Morgan fingerprint density at radius 1 is 0.971 bits per heavy atom. The standard InChI is InChI=1S/C28H26N6O/c1-16-6-4-8-20-27(19-7-5-9-24-21(19)13-32(3)30-24)31-34(28(16)20)18-10-11-25(29-12-18)33-14-22-23(15-33)26(22)17(2)35/h4-13,22-23,26H,14-15H2,1-3H3. The minimum absolute atomic E-state index is 0.270. The molecule has 1 aliphatic carbocycles. The van der Waals surface area contributed by atoms with Gasteiger partial charge in [-0.1, -0.05) is 30.3 Å². The smallest absolute Gasteiger partial charge is 0.133 e. The van der Waals surface area contributed by atoms with Crippen LogP contribution in [0.15, 0.2) is 60.9 Å². The van der Waals surface area contributed by atoms with Crippen molar-refractivity contribution in [1.29, 1.82) is 0 Å². The van der Waals surface area contributed by atoms with Gasteiger partial charge in [0.25, 0.3) is 0 Å². The van der Waals surface area contributed by atoms with Crippen LogP contribution in [0, 0.1) is 24.7 Å². The van der Waals surface area contributed by atoms with E-state index in [1.807, 2.05) is 34.7 Å². The number of para-hydroxylation sites is 1. The Labute approximate surface area is 203 Å². The van der Waals surface area contributed by atoms with Gasteiger partial charge in [-0.25, -0.2) is 9.67 Å². The van der Waals surface area contributed by atoms with E-state index in [9.17, 15) is 4.79 Å². The molecule has 7 nitrogen and oxygen atoms in total. The zero-order valence-electron chi connectivity index (χ0n) is 20.0. The van der Waals surface area contributed by atoms with Gasteiger partial charge in [-0.05, 0) is 49.4 Å². The van der Waals surface area contributed by atoms with Crippen LogP contribution in [0.5, 0.6) is 0 Å². The van der Waals surface area contributed by atoms with Crippen LogP contribution in [0.2, 0.25) is 0 Å². The number of piperidine rings is 1. The number of carbonyl (C=O) groups excluding carboxylic acids is 1. The number of Topliss-reactive ketones (excluding diaryl/α,β-unsaturated/α-hetero) is 1. The molecule has 5 aromatic rings. The number of hydrogen-bond acceptors (Lipinski definition) is 5. The van der Waals surface area contributed by atoms with Gasteiger partial charge in [0.15, 0.2) is 0 Å². The highest BCUT2D eigenvalue weighted by Crippen LogP contribution is 2.52. The van der Waals surface area contributed by atoms with Crippen molar-refractivity contribution in [1.82, 2.24) is 24.5 Å². The Hall–Kier alpha value is -4.00. The van der Waals surface area contributed by atoms with Gasteiger partial charge in [0.1, 0.15) is 17.3 Å². The quantitative estimate of drug-likeness (QED) is 0.392. The first kappa shape index (κ1) is 20.4. The number of fused-ring (bicyclic) bond motifs is 3. The zero-order chi connectivity index (χ0) is 23.8. The van der Waals surface area contributed by atoms with Gasteiger partial charge in [-0.2, -0.15) is 10.2 Å². The summed E-state index contributed by atoms with van der Waals surface area (Å²) in [4.78, 5) is 18.8. The van der Waals surface area contributed by atoms with Crippen LogP contribution in [0.4, 0.5) is 5.82 Å². The molecule has 0 spiro atoms. The average Bonchev–Trinajstić information content (AvgIpc) is 3.18. The van der Waals surface area contributed by atoms with E-state index < -0.39 is 0 Å². The van der Waals surface area contributed by atoms with Crippen LogP contribution in [-0.2, 0) is 11.8 Å². The fourth-order valence-electron chi connectivity index (χ4n) is 6.10. The molecule has 3 aromatic heterocycles. The summed E-state index contributed by atoms with van der Waals surface area (Å²) in [6.45, 7) is 5.69. The molecule has 35 heavy (non-hydrogen) atoms. The Morgan fingerprint density at radius 3 is 2.51 bits per heavy atom. The second-order valence-electron chi connectivity index (χ2n) is 10.0. The monoisotopic (exact) mass is 462 g/mol. The summed E-state index contributed by atoms with van der Waals surface area (Å²) >= 11 is 0. The maximum atomic E-state index is 11.7. The van der Waals surface area contributed by atoms with E-state index in [1.165, 1.54) is 5.56 Å². The summed E-state index contributed by atoms with van der Waals surface area (Å²) in [5.41, 5.74) is 6.17. The number of ketones is 1. The fraction of sp³-hybridized carbons (Fsp3) is 0.286. The van der Waals surface area contributed by atoms with Crippen molar-refractivity contribution in [3.05, 3.63) is 66.5 Å². The van der Waals surface area contributed by atoms with Crippen molar-refractivity contribution in [2.45, 2.75) is 13.8 Å². The Bertz CT molecular complexity index is 1620. The lowest BCUT2D eigenvalue weighted by atomic mass is 10.0. The molecular formula is C28H26N6O. The average molecular weight is 463 g/mol. The summed E-state index contributed by atoms with van der Waals surface area (Å²) in [6.07, 6.45) is 3.97. The molecule has 2 unspecified atom stereocenters. The molecule has 7 heteroatoms. The van der Waals surface area contributed by atoms with Crippen molar-refractivity contribution >= 4 is 33.4 Å². The third-order valence-electron chi connectivity index (χ3n) is 7.79. The van der Waals surface area contributed by atoms with Crippen molar-refractivity contribution in [2.75, 3.05) is 18.0 Å². The first-order valence-corrected chi connectivity index (χ1v) is 12.1. The molecule has 1 saturated heterocycles. The van der Waals surface area contributed by atoms with E-state index in [4.69, 9.17) is 10.1 Å². The minimum atomic E-state index is 0.270. The van der Waals surface area contributed by atoms with Crippen LogP contribution in [0.25, 0.3) is 38.8 Å². The Morgan fingerprint density at radius 2 is 1.77 bits per heavy atom. The molecule has 2 aromatic carbocycles. The molecule has 174 valence electrons. The van der Waals surface area contributed by atoms with Gasteiger partial charge in [-0.15, -0.1) is 0 Å². The van der Waals surface area contributed by atoms with Crippen LogP contribution in [0.3, 0.4) is 0 Å². The molecule has 2 atom stereocenters. The zero-order valence-corrected chi connectivity index (χ0v) is 20.0. The number of carbonyl (C=O) groups is 1. The number of anilines is 1. The first-order chi connectivity index (χ1) is 17.0. The lowest BCUT2D eigenvalue weighted by molar-refractivity contribution is -0.118. The van der Waals surface area contributed by atoms with Gasteiger partial charge in [-0.3, -0.25) is 9.48 Å². The van der Waals surface area contributed by atoms with Gasteiger partial charge in [0, 0.05) is 48.6 Å². The number of hydrogen-bond donors (Lipinski definition) is 0. The fourth-order valence-corrected chi connectivity index (χ4v) is 6.10. The topological polar surface area (TPSA) is 68.8 Å². The van der Waals surface area contributed by atoms with Crippen molar-refractivity contribution < 1.29 is 4.79 Å². The largest absolute Gasteiger partial charge is 0.356 e. The lowest BCUT2D eigenvalue weighted by Crippen LogP contribution is -2.26. The highest BCUT2D eigenvalue weighted by Gasteiger charge is 2.58. The third-order valence-corrected chi connectivity index (χ3v) is 7.79. The molecule has 4 heterocycles. The number of aromatic nitrogens is 5. The summed E-state index contributed by atoms with van der Waals surface area (Å²) in [5, 5.41) is 11.9. The molecule has 7 rings (SSSR count). The second-order valence-corrected chi connectivity index (χ2v) is 10.0. The molecule has 0 radical (unpaired) electrons. The molecule has 1 aliphatic heterocycles. The van der Waals surface area contributed by atoms with E-state index in [2.05, 4.69) is 59.5 Å². The van der Waals surface area contributed by atoms with Crippen LogP contribution >= 0.6 is 0 Å². The summed E-state index contributed by atoms with van der Waals surface area (Å²) in [7, 11) is 1.95. The maximum Gasteiger partial charge on any atom is 0.133 e. The molecule has 0 bridgehead atoms. The number of nitrogens with zero attached hydrogens (tertiary/aromatic N) is 6. The summed E-state index contributed by atoms with van der Waals surface area (Å²) < 4.78 is 3.86. The summed E-state index contributed by atoms with van der Waals surface area (Å²) in [6, 6.07) is 16.7. The number of pyridine rings is 1. The highest BCUT2D eigenvalue weighted by atomic mass is 16.1. The molecular weight excluding hydrogens is 436 g/mol. The van der Waals surface area contributed by atoms with Gasteiger partial charge < -0.3 is 4.90 Å². The van der Waals surface area contributed by atoms with E-state index in [-0.39, 0.29) is 5.92 Å². The number of benzene rings is 2. The predicted octanol–water partition coefficient (Wildman–Crippen LogP) is 4.55. The van der Waals surface area contributed by atoms with E-state index in [1.54, 1.807) is 6.92 Å². The molecule has 0 N–H and O–H groups in total. The second kappa shape index (κ2) is 7.25. The van der Waals surface area contributed by atoms with E-state index in [0.717, 1.165) is 57.7 Å². The third kappa shape index (κ3) is 3.04. The van der Waals surface area contributed by atoms with E-state index in [0.29, 0.717) is 17.6 Å². The molecule has 2 fully saturated rings. The maximum absolute atomic E-state index is 11.7. The van der Waals surface area contributed by atoms with Crippen LogP contribution in [0.1, 0.15) is 12.5 Å². The van der Waals surface area contributed by atoms with Crippen molar-refractivity contribution in [3.8, 4) is 16.9 Å². The van der Waals surface area contributed by atoms with Crippen LogP contribution in [-0.4, -0.2) is 43.4 Å². The molecule has 1 saturated carbocycles. The first-order valence-electron chi connectivity index (χ1n) is 12.1. The minimum Gasteiger partial charge on any atom is -0.356 e. The number of rotatable bonds is 4. The normalized spacial score (nSPS) is 21.1. The molecule has 0 amide bonds. The Balaban J connectivity index is 1.29. The summed E-state index contributed by atoms with van der Waals surface area (Å²) in [5.74, 6) is 2.58. The van der Waals surface area contributed by atoms with Crippen LogP contribution < -0.4 is 4.90 Å². The van der Waals surface area contributed by atoms with Gasteiger partial charge >= 0.3 is 0 Å². The SMILES string of the molecule is CC(=O)C1C2CN(c3ccc(-n4nc(-c5cccc6nn(C)cc56)c5cccc(C)c54)cn3)CC21. The van der Waals surface area contributed by atoms with Gasteiger partial charge in [0.2, 0.25) is 0 Å². The van der Waals surface area contributed by atoms with Gasteiger partial charge in [0.05, 0.1) is 22.9 Å². The van der Waals surface area contributed by atoms with Crippen molar-refractivity contribution in [2.24, 2.45) is 24.8 Å². The Kier molecular flexibility index (Phi) is 4.22. The lowest BCUT2D eigenvalue weighted by Gasteiger charge is -2.20. The highest BCUT2D eigenvalue weighted by molar-refractivity contribution is 6.03. The molecule has 2 aliphatic rings. The van der Waals surface area contributed by atoms with Crippen molar-refractivity contribution in [3.63, 3.8) is 0 Å².